The zero-order valence-electron chi connectivity index (χ0n) is 12.6. The highest BCUT2D eigenvalue weighted by Crippen LogP contribution is 2.33. The number of aryl methyl sites for hydroxylation is 1. The minimum absolute atomic E-state index is 0.0350. The second-order valence-corrected chi connectivity index (χ2v) is 6.49. The molecule has 2 rings (SSSR count). The van der Waals surface area contributed by atoms with E-state index in [9.17, 15) is 4.79 Å². The van der Waals surface area contributed by atoms with Crippen molar-refractivity contribution in [2.75, 3.05) is 12.3 Å². The summed E-state index contributed by atoms with van der Waals surface area (Å²) in [5.74, 6) is -0.203. The van der Waals surface area contributed by atoms with E-state index >= 15 is 0 Å². The van der Waals surface area contributed by atoms with E-state index in [2.05, 4.69) is 10.3 Å². The van der Waals surface area contributed by atoms with Crippen molar-refractivity contribution >= 4 is 33.1 Å². The first-order valence-electron chi connectivity index (χ1n) is 6.99. The number of fused-ring (bicyclic) bond motifs is 1. The Bertz CT molecular complexity index is 668. The zero-order valence-corrected chi connectivity index (χ0v) is 13.4. The Labute approximate surface area is 128 Å². The van der Waals surface area contributed by atoms with Crippen molar-refractivity contribution in [1.82, 2.24) is 10.3 Å². The standard InChI is InChI=1S/C15H21N3O2S/c1-4-15(3,7-8-19)18-13(20)12-11(16)10-6-5-9(2)17-14(10)21-12/h5-6,19H,4,7-8,16H2,1-3H3,(H,18,20). The Balaban J connectivity index is 2.33. The fourth-order valence-corrected chi connectivity index (χ4v) is 3.20. The third-order valence-electron chi connectivity index (χ3n) is 3.80. The first-order valence-corrected chi connectivity index (χ1v) is 7.81. The van der Waals surface area contributed by atoms with Crippen molar-refractivity contribution in [2.24, 2.45) is 0 Å². The molecule has 0 aromatic carbocycles. The number of aromatic nitrogens is 1. The zero-order chi connectivity index (χ0) is 15.6. The first-order chi connectivity index (χ1) is 9.90. The molecule has 0 radical (unpaired) electrons. The van der Waals surface area contributed by atoms with Gasteiger partial charge in [-0.2, -0.15) is 0 Å². The lowest BCUT2D eigenvalue weighted by molar-refractivity contribution is 0.0891. The van der Waals surface area contributed by atoms with Crippen molar-refractivity contribution in [3.05, 3.63) is 22.7 Å². The second kappa shape index (κ2) is 5.99. The predicted molar refractivity (Wildman–Crippen MR) is 86.6 cm³/mol. The van der Waals surface area contributed by atoms with Gasteiger partial charge in [0.15, 0.2) is 0 Å². The van der Waals surface area contributed by atoms with Gasteiger partial charge in [-0.25, -0.2) is 4.98 Å². The number of hydrogen-bond donors (Lipinski definition) is 3. The first kappa shape index (κ1) is 15.7. The van der Waals surface area contributed by atoms with Crippen LogP contribution in [-0.2, 0) is 0 Å². The minimum atomic E-state index is -0.433. The van der Waals surface area contributed by atoms with Crippen LogP contribution in [0, 0.1) is 6.92 Å². The van der Waals surface area contributed by atoms with Gasteiger partial charge in [-0.1, -0.05) is 6.92 Å². The molecule has 0 aliphatic heterocycles. The number of amides is 1. The maximum Gasteiger partial charge on any atom is 0.263 e. The molecule has 4 N–H and O–H groups in total. The van der Waals surface area contributed by atoms with Crippen LogP contribution in [0.5, 0.6) is 0 Å². The molecule has 0 fully saturated rings. The quantitative estimate of drug-likeness (QED) is 0.791. The minimum Gasteiger partial charge on any atom is -0.397 e. The summed E-state index contributed by atoms with van der Waals surface area (Å²) in [6, 6.07) is 3.78. The number of rotatable bonds is 5. The number of nitrogen functional groups attached to an aromatic ring is 1. The van der Waals surface area contributed by atoms with Crippen LogP contribution >= 0.6 is 11.3 Å². The molecular weight excluding hydrogens is 286 g/mol. The van der Waals surface area contributed by atoms with Gasteiger partial charge < -0.3 is 16.2 Å². The molecule has 0 spiro atoms. The topological polar surface area (TPSA) is 88.2 Å². The van der Waals surface area contributed by atoms with E-state index in [0.29, 0.717) is 17.0 Å². The summed E-state index contributed by atoms with van der Waals surface area (Å²) in [4.78, 5) is 18.2. The highest BCUT2D eigenvalue weighted by molar-refractivity contribution is 7.21. The van der Waals surface area contributed by atoms with Crippen molar-refractivity contribution in [2.45, 2.75) is 39.2 Å². The summed E-state index contributed by atoms with van der Waals surface area (Å²) in [6.45, 7) is 5.85. The number of aliphatic hydroxyl groups is 1. The van der Waals surface area contributed by atoms with Crippen molar-refractivity contribution in [1.29, 1.82) is 0 Å². The van der Waals surface area contributed by atoms with Crippen LogP contribution in [0.4, 0.5) is 5.69 Å². The molecule has 0 aliphatic carbocycles. The van der Waals surface area contributed by atoms with Crippen LogP contribution in [-0.4, -0.2) is 28.1 Å². The van der Waals surface area contributed by atoms with Crippen molar-refractivity contribution in [3.63, 3.8) is 0 Å². The van der Waals surface area contributed by atoms with Gasteiger partial charge in [0.05, 0.1) is 5.69 Å². The fraction of sp³-hybridized carbons (Fsp3) is 0.467. The van der Waals surface area contributed by atoms with Gasteiger partial charge in [0.25, 0.3) is 5.91 Å². The summed E-state index contributed by atoms with van der Waals surface area (Å²) in [6.07, 6.45) is 1.25. The average molecular weight is 307 g/mol. The van der Waals surface area contributed by atoms with Crippen molar-refractivity contribution < 1.29 is 9.90 Å². The summed E-state index contributed by atoms with van der Waals surface area (Å²) in [7, 11) is 0. The molecule has 2 aromatic heterocycles. The predicted octanol–water partition coefficient (Wildman–Crippen LogP) is 2.47. The molecule has 21 heavy (non-hydrogen) atoms. The number of carbonyl (C=O) groups excluding carboxylic acids is 1. The van der Waals surface area contributed by atoms with Crippen LogP contribution in [0.3, 0.4) is 0 Å². The van der Waals surface area contributed by atoms with Gasteiger partial charge in [0, 0.05) is 23.2 Å². The Kier molecular flexibility index (Phi) is 4.49. The maximum absolute atomic E-state index is 12.5. The molecule has 114 valence electrons. The molecule has 6 heteroatoms. The van der Waals surface area contributed by atoms with Gasteiger partial charge >= 0.3 is 0 Å². The third-order valence-corrected chi connectivity index (χ3v) is 4.91. The highest BCUT2D eigenvalue weighted by atomic mass is 32.1. The lowest BCUT2D eigenvalue weighted by Gasteiger charge is -2.28. The van der Waals surface area contributed by atoms with E-state index in [1.165, 1.54) is 11.3 Å². The number of nitrogens with zero attached hydrogens (tertiary/aromatic N) is 1. The summed E-state index contributed by atoms with van der Waals surface area (Å²) >= 11 is 1.30. The second-order valence-electron chi connectivity index (χ2n) is 5.49. The number of aliphatic hydroxyl groups excluding tert-OH is 1. The van der Waals surface area contributed by atoms with E-state index in [1.54, 1.807) is 0 Å². The summed E-state index contributed by atoms with van der Waals surface area (Å²) in [5, 5.41) is 12.9. The number of thiophene rings is 1. The number of nitrogens with two attached hydrogens (primary N) is 1. The van der Waals surface area contributed by atoms with Gasteiger partial charge in [0.2, 0.25) is 0 Å². The van der Waals surface area contributed by atoms with Crippen LogP contribution in [0.15, 0.2) is 12.1 Å². The van der Waals surface area contributed by atoms with Crippen LogP contribution in [0.1, 0.15) is 42.1 Å². The van der Waals surface area contributed by atoms with Crippen molar-refractivity contribution in [3.8, 4) is 0 Å². The number of carbonyl (C=O) groups is 1. The number of pyridine rings is 1. The Hall–Kier alpha value is -1.66. The van der Waals surface area contributed by atoms with Crippen LogP contribution in [0.2, 0.25) is 0 Å². The normalized spacial score (nSPS) is 14.1. The monoisotopic (exact) mass is 307 g/mol. The maximum atomic E-state index is 12.5. The largest absolute Gasteiger partial charge is 0.397 e. The SMILES string of the molecule is CCC(C)(CCO)NC(=O)c1sc2nc(C)ccc2c1N. The lowest BCUT2D eigenvalue weighted by Crippen LogP contribution is -2.46. The molecule has 5 nitrogen and oxygen atoms in total. The molecule has 2 heterocycles. The Morgan fingerprint density at radius 2 is 2.24 bits per heavy atom. The van der Waals surface area contributed by atoms with E-state index in [0.717, 1.165) is 22.3 Å². The average Bonchev–Trinajstić information content (AvgIpc) is 2.75. The van der Waals surface area contributed by atoms with Gasteiger partial charge in [0.1, 0.15) is 9.71 Å². The Morgan fingerprint density at radius 1 is 1.52 bits per heavy atom. The van der Waals surface area contributed by atoms with E-state index in [-0.39, 0.29) is 12.5 Å². The lowest BCUT2D eigenvalue weighted by atomic mass is 9.95. The molecule has 0 saturated heterocycles. The van der Waals surface area contributed by atoms with Crippen LogP contribution in [0.25, 0.3) is 10.2 Å². The molecule has 0 aliphatic rings. The van der Waals surface area contributed by atoms with Gasteiger partial charge in [-0.05, 0) is 38.8 Å². The molecule has 1 amide bonds. The van der Waals surface area contributed by atoms with Gasteiger partial charge in [-0.3, -0.25) is 4.79 Å². The van der Waals surface area contributed by atoms with Crippen LogP contribution < -0.4 is 11.1 Å². The number of nitrogens with one attached hydrogen (secondary N) is 1. The fourth-order valence-electron chi connectivity index (χ4n) is 2.16. The van der Waals surface area contributed by atoms with E-state index in [1.807, 2.05) is 32.9 Å². The summed E-state index contributed by atoms with van der Waals surface area (Å²) in [5.41, 5.74) is 7.02. The van der Waals surface area contributed by atoms with E-state index in [4.69, 9.17) is 10.8 Å². The molecular formula is C15H21N3O2S. The molecule has 1 atom stereocenters. The molecule has 0 bridgehead atoms. The van der Waals surface area contributed by atoms with Gasteiger partial charge in [-0.15, -0.1) is 11.3 Å². The number of anilines is 1. The summed E-state index contributed by atoms with van der Waals surface area (Å²) < 4.78 is 0. The molecule has 2 aromatic rings. The number of hydrogen-bond acceptors (Lipinski definition) is 5. The molecule has 1 unspecified atom stereocenters. The highest BCUT2D eigenvalue weighted by Gasteiger charge is 2.26. The third kappa shape index (κ3) is 3.16. The van der Waals surface area contributed by atoms with E-state index < -0.39 is 5.54 Å². The Morgan fingerprint density at radius 3 is 2.86 bits per heavy atom. The molecule has 0 saturated carbocycles. The smallest absolute Gasteiger partial charge is 0.263 e.